The highest BCUT2D eigenvalue weighted by Crippen LogP contribution is 2.19. The van der Waals surface area contributed by atoms with Gasteiger partial charge in [0.25, 0.3) is 0 Å². The fourth-order valence-corrected chi connectivity index (χ4v) is 2.09. The Morgan fingerprint density at radius 2 is 2.00 bits per heavy atom. The Kier molecular flexibility index (Phi) is 4.02. The molecule has 0 unspecified atom stereocenters. The predicted octanol–water partition coefficient (Wildman–Crippen LogP) is 1.50. The van der Waals surface area contributed by atoms with Crippen molar-refractivity contribution in [1.29, 1.82) is 0 Å². The summed E-state index contributed by atoms with van der Waals surface area (Å²) in [5.74, 6) is 0.819. The summed E-state index contributed by atoms with van der Waals surface area (Å²) in [7, 11) is 0. The van der Waals surface area contributed by atoms with Gasteiger partial charge in [-0.25, -0.2) is 0 Å². The van der Waals surface area contributed by atoms with E-state index in [0.717, 1.165) is 24.9 Å². The van der Waals surface area contributed by atoms with Crippen LogP contribution in [0.3, 0.4) is 0 Å². The molecule has 1 saturated heterocycles. The molecule has 1 rings (SSSR count). The zero-order valence-corrected chi connectivity index (χ0v) is 8.34. The van der Waals surface area contributed by atoms with Crippen LogP contribution in [-0.2, 0) is 0 Å². The Morgan fingerprint density at radius 1 is 1.33 bits per heavy atom. The molecular formula is C10H22N2. The van der Waals surface area contributed by atoms with E-state index in [1.807, 2.05) is 0 Å². The van der Waals surface area contributed by atoms with Gasteiger partial charge in [-0.15, -0.1) is 0 Å². The summed E-state index contributed by atoms with van der Waals surface area (Å²) in [5, 5.41) is 3.64. The highest BCUT2D eigenvalue weighted by molar-refractivity contribution is 4.83. The molecule has 1 aliphatic heterocycles. The van der Waals surface area contributed by atoms with E-state index in [0.29, 0.717) is 6.04 Å². The number of rotatable bonds is 4. The van der Waals surface area contributed by atoms with E-state index in [4.69, 9.17) is 5.73 Å². The molecule has 12 heavy (non-hydrogen) atoms. The molecule has 0 aromatic rings. The lowest BCUT2D eigenvalue weighted by Gasteiger charge is -2.15. The molecule has 2 atom stereocenters. The Bertz CT molecular complexity index is 123. The maximum absolute atomic E-state index is 5.52. The molecule has 2 heteroatoms. The summed E-state index contributed by atoms with van der Waals surface area (Å²) in [4.78, 5) is 0. The number of nitrogens with one attached hydrogen (secondary N) is 1. The van der Waals surface area contributed by atoms with Crippen LogP contribution in [0.25, 0.3) is 0 Å². The summed E-state index contributed by atoms with van der Waals surface area (Å²) < 4.78 is 0. The Balaban J connectivity index is 2.16. The van der Waals surface area contributed by atoms with Crippen LogP contribution in [0.4, 0.5) is 0 Å². The van der Waals surface area contributed by atoms with E-state index in [1.165, 1.54) is 19.3 Å². The third kappa shape index (κ3) is 3.11. The number of nitrogens with two attached hydrogens (primary N) is 1. The van der Waals surface area contributed by atoms with E-state index in [-0.39, 0.29) is 0 Å². The Morgan fingerprint density at radius 3 is 2.58 bits per heavy atom. The van der Waals surface area contributed by atoms with Gasteiger partial charge in [-0.05, 0) is 38.1 Å². The van der Waals surface area contributed by atoms with Gasteiger partial charge in [-0.3, -0.25) is 0 Å². The predicted molar refractivity (Wildman–Crippen MR) is 53.1 cm³/mol. The molecule has 2 nitrogen and oxygen atoms in total. The van der Waals surface area contributed by atoms with Gasteiger partial charge in [0.2, 0.25) is 0 Å². The minimum Gasteiger partial charge on any atom is -0.330 e. The molecule has 1 heterocycles. The topological polar surface area (TPSA) is 38.0 Å². The normalized spacial score (nSPS) is 30.0. The van der Waals surface area contributed by atoms with E-state index >= 15 is 0 Å². The van der Waals surface area contributed by atoms with E-state index in [1.54, 1.807) is 0 Å². The third-order valence-electron chi connectivity index (χ3n) is 2.61. The van der Waals surface area contributed by atoms with Crippen molar-refractivity contribution in [3.05, 3.63) is 0 Å². The Hall–Kier alpha value is -0.0800. The van der Waals surface area contributed by atoms with Crippen LogP contribution < -0.4 is 11.1 Å². The molecule has 3 N–H and O–H groups in total. The van der Waals surface area contributed by atoms with Crippen LogP contribution in [0.15, 0.2) is 0 Å². The maximum Gasteiger partial charge on any atom is 0.00822 e. The molecule has 0 aromatic carbocycles. The second-order valence-corrected chi connectivity index (χ2v) is 4.34. The van der Waals surface area contributed by atoms with Gasteiger partial charge in [-0.2, -0.15) is 0 Å². The van der Waals surface area contributed by atoms with Crippen LogP contribution in [-0.4, -0.2) is 18.6 Å². The quantitative estimate of drug-likeness (QED) is 0.671. The molecular weight excluding hydrogens is 148 g/mol. The second kappa shape index (κ2) is 4.83. The van der Waals surface area contributed by atoms with E-state index < -0.39 is 0 Å². The molecule has 0 aliphatic carbocycles. The average Bonchev–Trinajstić information content (AvgIpc) is 2.36. The fourth-order valence-electron chi connectivity index (χ4n) is 2.09. The van der Waals surface area contributed by atoms with Gasteiger partial charge in [-0.1, -0.05) is 13.8 Å². The van der Waals surface area contributed by atoms with Crippen LogP contribution in [0.5, 0.6) is 0 Å². The zero-order valence-electron chi connectivity index (χ0n) is 8.34. The lowest BCUT2D eigenvalue weighted by Crippen LogP contribution is -2.31. The van der Waals surface area contributed by atoms with Crippen molar-refractivity contribution in [1.82, 2.24) is 5.32 Å². The number of hydrogen-bond donors (Lipinski definition) is 2. The summed E-state index contributed by atoms with van der Waals surface area (Å²) in [5.41, 5.74) is 5.52. The smallest absolute Gasteiger partial charge is 0.00822 e. The van der Waals surface area contributed by atoms with E-state index in [9.17, 15) is 0 Å². The molecule has 0 saturated carbocycles. The van der Waals surface area contributed by atoms with Gasteiger partial charge < -0.3 is 11.1 Å². The van der Waals surface area contributed by atoms with Crippen molar-refractivity contribution in [2.24, 2.45) is 11.7 Å². The zero-order chi connectivity index (χ0) is 8.97. The first-order valence-corrected chi connectivity index (χ1v) is 5.18. The SMILES string of the molecule is CC(C)C[C@H]1CC[C@H](CCN)N1. The largest absolute Gasteiger partial charge is 0.330 e. The van der Waals surface area contributed by atoms with Gasteiger partial charge in [0.05, 0.1) is 0 Å². The van der Waals surface area contributed by atoms with Crippen LogP contribution in [0, 0.1) is 5.92 Å². The summed E-state index contributed by atoms with van der Waals surface area (Å²) >= 11 is 0. The van der Waals surface area contributed by atoms with Crippen molar-refractivity contribution in [2.45, 2.75) is 51.6 Å². The van der Waals surface area contributed by atoms with Gasteiger partial charge in [0, 0.05) is 12.1 Å². The lowest BCUT2D eigenvalue weighted by atomic mass is 10.0. The molecule has 0 bridgehead atoms. The summed E-state index contributed by atoms with van der Waals surface area (Å²) in [6.07, 6.45) is 5.15. The van der Waals surface area contributed by atoms with Crippen LogP contribution in [0.1, 0.15) is 39.5 Å². The standard InChI is InChI=1S/C10H22N2/c1-8(2)7-10-4-3-9(12-10)5-6-11/h8-10,12H,3-7,11H2,1-2H3/t9-,10-/m1/s1. The van der Waals surface area contributed by atoms with Crippen molar-refractivity contribution in [2.75, 3.05) is 6.54 Å². The lowest BCUT2D eigenvalue weighted by molar-refractivity contribution is 0.438. The van der Waals surface area contributed by atoms with Crippen LogP contribution >= 0.6 is 0 Å². The van der Waals surface area contributed by atoms with Crippen LogP contribution in [0.2, 0.25) is 0 Å². The third-order valence-corrected chi connectivity index (χ3v) is 2.61. The second-order valence-electron chi connectivity index (χ2n) is 4.34. The first-order chi connectivity index (χ1) is 5.72. The monoisotopic (exact) mass is 170 g/mol. The summed E-state index contributed by atoms with van der Waals surface area (Å²) in [6, 6.07) is 1.47. The van der Waals surface area contributed by atoms with Crippen molar-refractivity contribution in [3.63, 3.8) is 0 Å². The molecule has 0 radical (unpaired) electrons. The molecule has 1 aliphatic rings. The molecule has 72 valence electrons. The first kappa shape index (κ1) is 10.0. The van der Waals surface area contributed by atoms with Crippen molar-refractivity contribution in [3.8, 4) is 0 Å². The van der Waals surface area contributed by atoms with Gasteiger partial charge >= 0.3 is 0 Å². The highest BCUT2D eigenvalue weighted by Gasteiger charge is 2.22. The van der Waals surface area contributed by atoms with Gasteiger partial charge in [0.1, 0.15) is 0 Å². The fraction of sp³-hybridized carbons (Fsp3) is 1.00. The Labute approximate surface area is 75.9 Å². The molecule has 0 spiro atoms. The van der Waals surface area contributed by atoms with E-state index in [2.05, 4.69) is 19.2 Å². The number of hydrogen-bond acceptors (Lipinski definition) is 2. The minimum absolute atomic E-state index is 0.707. The molecule has 0 aromatic heterocycles. The maximum atomic E-state index is 5.52. The average molecular weight is 170 g/mol. The molecule has 0 amide bonds. The van der Waals surface area contributed by atoms with Crippen molar-refractivity contribution < 1.29 is 0 Å². The van der Waals surface area contributed by atoms with Crippen molar-refractivity contribution >= 4 is 0 Å². The molecule has 1 fully saturated rings. The minimum atomic E-state index is 0.707. The van der Waals surface area contributed by atoms with Gasteiger partial charge in [0.15, 0.2) is 0 Å². The highest BCUT2D eigenvalue weighted by atomic mass is 15.0. The first-order valence-electron chi connectivity index (χ1n) is 5.18. The summed E-state index contributed by atoms with van der Waals surface area (Å²) in [6.45, 7) is 5.40.